The zero-order valence-electron chi connectivity index (χ0n) is 21.8. The van der Waals surface area contributed by atoms with Gasteiger partial charge < -0.3 is 14.7 Å². The van der Waals surface area contributed by atoms with Gasteiger partial charge in [-0.2, -0.15) is 0 Å². The standard InChI is InChI=1S/C24H42N8O.ClH/c1-29(2)17-9-14-24(15-10-18-30(3)4,16-11-19-31(5)6)20-25-21-26-33-32-23-13-8-7-12-22(23)27-28-32;/h7-8,12-13H,9-11,14-20H2,1-6H3;1H. The Kier molecular flexibility index (Phi) is 13.9. The molecule has 0 aliphatic rings. The lowest BCUT2D eigenvalue weighted by Crippen LogP contribution is -2.29. The summed E-state index contributed by atoms with van der Waals surface area (Å²) in [5, 5.41) is 11.9. The first-order chi connectivity index (χ1) is 15.8. The lowest BCUT2D eigenvalue weighted by atomic mass is 9.75. The molecule has 9 nitrogen and oxygen atoms in total. The van der Waals surface area contributed by atoms with E-state index in [-0.39, 0.29) is 17.8 Å². The molecular formula is C24H43ClN8O. The molecule has 0 bridgehead atoms. The highest BCUT2D eigenvalue weighted by Gasteiger charge is 2.29. The molecule has 0 amide bonds. The topological polar surface area (TPSA) is 74.4 Å². The third-order valence-electron chi connectivity index (χ3n) is 5.90. The quantitative estimate of drug-likeness (QED) is 0.263. The number of halogens is 1. The molecule has 1 aromatic heterocycles. The molecule has 0 aliphatic heterocycles. The predicted molar refractivity (Wildman–Crippen MR) is 142 cm³/mol. The van der Waals surface area contributed by atoms with Gasteiger partial charge in [-0.25, -0.2) is 9.93 Å². The van der Waals surface area contributed by atoms with Crippen molar-refractivity contribution in [2.24, 2.45) is 15.6 Å². The van der Waals surface area contributed by atoms with Crippen LogP contribution in [0.15, 0.2) is 34.4 Å². The van der Waals surface area contributed by atoms with E-state index in [9.17, 15) is 0 Å². The van der Waals surface area contributed by atoms with Crippen LogP contribution in [-0.4, -0.2) is 104 Å². The Bertz CT molecular complexity index is 841. The van der Waals surface area contributed by atoms with Gasteiger partial charge in [-0.15, -0.1) is 17.5 Å². The molecule has 34 heavy (non-hydrogen) atoms. The third kappa shape index (κ3) is 10.9. The van der Waals surface area contributed by atoms with E-state index in [1.165, 1.54) is 4.85 Å². The van der Waals surface area contributed by atoms with E-state index in [1.807, 2.05) is 24.3 Å². The van der Waals surface area contributed by atoms with Crippen LogP contribution in [-0.2, 0) is 0 Å². The predicted octanol–water partition coefficient (Wildman–Crippen LogP) is 3.38. The molecule has 0 aliphatic carbocycles. The zero-order valence-corrected chi connectivity index (χ0v) is 22.6. The molecule has 1 aromatic carbocycles. The highest BCUT2D eigenvalue weighted by Crippen LogP contribution is 2.36. The number of hydrogen-bond donors (Lipinski definition) is 0. The minimum Gasteiger partial charge on any atom is -0.309 e. The first-order valence-corrected chi connectivity index (χ1v) is 11.8. The lowest BCUT2D eigenvalue weighted by Gasteiger charge is -2.34. The molecule has 10 heteroatoms. The van der Waals surface area contributed by atoms with Crippen molar-refractivity contribution in [3.05, 3.63) is 24.3 Å². The fourth-order valence-electron chi connectivity index (χ4n) is 4.12. The number of benzene rings is 1. The Hall–Kier alpha value is -2.03. The molecule has 0 spiro atoms. The Labute approximate surface area is 211 Å². The first-order valence-electron chi connectivity index (χ1n) is 11.8. The molecule has 1 heterocycles. The molecule has 0 radical (unpaired) electrons. The summed E-state index contributed by atoms with van der Waals surface area (Å²) in [6, 6.07) is 10.3. The Balaban J connectivity index is 0.00000578. The van der Waals surface area contributed by atoms with Crippen LogP contribution >= 0.6 is 12.4 Å². The average Bonchev–Trinajstić information content (AvgIpc) is 3.16. The summed E-state index contributed by atoms with van der Waals surface area (Å²) in [5.41, 5.74) is 1.66. The van der Waals surface area contributed by atoms with Gasteiger partial charge in [-0.1, -0.05) is 12.1 Å². The highest BCUT2D eigenvalue weighted by molar-refractivity contribution is 5.85. The van der Waals surface area contributed by atoms with Crippen molar-refractivity contribution in [2.75, 3.05) is 68.5 Å². The lowest BCUT2D eigenvalue weighted by molar-refractivity contribution is 0.0957. The van der Waals surface area contributed by atoms with Crippen LogP contribution in [0.3, 0.4) is 0 Å². The maximum atomic E-state index is 5.36. The molecule has 0 saturated carbocycles. The van der Waals surface area contributed by atoms with Crippen LogP contribution < -0.4 is 4.94 Å². The number of hydrogen-bond acceptors (Lipinski definition) is 8. The summed E-state index contributed by atoms with van der Waals surface area (Å²) in [7, 11) is 12.8. The number of rotatable bonds is 16. The van der Waals surface area contributed by atoms with Gasteiger partial charge >= 0.3 is 0 Å². The number of aliphatic imine (C=N–C) groups is 1. The van der Waals surface area contributed by atoms with Gasteiger partial charge in [0.15, 0.2) is 0 Å². The van der Waals surface area contributed by atoms with Crippen LogP contribution in [0.5, 0.6) is 0 Å². The van der Waals surface area contributed by atoms with Gasteiger partial charge in [0.05, 0.1) is 6.54 Å². The van der Waals surface area contributed by atoms with E-state index >= 15 is 0 Å². The van der Waals surface area contributed by atoms with Crippen molar-refractivity contribution < 1.29 is 4.94 Å². The Morgan fingerprint density at radius 1 is 0.882 bits per heavy atom. The van der Waals surface area contributed by atoms with E-state index in [0.29, 0.717) is 6.54 Å². The Morgan fingerprint density at radius 2 is 1.41 bits per heavy atom. The van der Waals surface area contributed by atoms with Gasteiger partial charge in [0.2, 0.25) is 0 Å². The van der Waals surface area contributed by atoms with Crippen LogP contribution in [0.2, 0.25) is 0 Å². The monoisotopic (exact) mass is 494 g/mol. The minimum atomic E-state index is 0. The van der Waals surface area contributed by atoms with E-state index < -0.39 is 0 Å². The van der Waals surface area contributed by atoms with E-state index in [2.05, 4.69) is 83.5 Å². The maximum absolute atomic E-state index is 5.36. The molecule has 0 unspecified atom stereocenters. The van der Waals surface area contributed by atoms with Crippen molar-refractivity contribution in [3.63, 3.8) is 0 Å². The van der Waals surface area contributed by atoms with Crippen LogP contribution in [0.25, 0.3) is 11.0 Å². The minimum absolute atomic E-state index is 0. The molecule has 192 valence electrons. The Morgan fingerprint density at radius 3 is 1.94 bits per heavy atom. The normalized spacial score (nSPS) is 11.7. The average molecular weight is 495 g/mol. The SMILES string of the molecule is CN(C)CCCC(CCCN(C)C)(CCCN(C)C)CN=C=NOn1nnc2ccccc21.Cl. The van der Waals surface area contributed by atoms with Gasteiger partial charge in [0, 0.05) is 5.16 Å². The molecule has 0 N–H and O–H groups in total. The summed E-state index contributed by atoms with van der Waals surface area (Å²) in [6.07, 6.45) is 6.91. The van der Waals surface area contributed by atoms with Crippen LogP contribution in [0.4, 0.5) is 0 Å². The molecule has 2 aromatic rings. The van der Waals surface area contributed by atoms with E-state index in [1.54, 1.807) is 0 Å². The zero-order chi connectivity index (χ0) is 24.1. The van der Waals surface area contributed by atoms with E-state index in [4.69, 9.17) is 4.94 Å². The molecule has 2 rings (SSSR count). The largest absolute Gasteiger partial charge is 0.309 e. The van der Waals surface area contributed by atoms with Crippen molar-refractivity contribution in [3.8, 4) is 0 Å². The second-order valence-electron chi connectivity index (χ2n) is 9.76. The summed E-state index contributed by atoms with van der Waals surface area (Å²) < 4.78 is 0. The maximum Gasteiger partial charge on any atom is 0.138 e. The fourth-order valence-corrected chi connectivity index (χ4v) is 4.12. The highest BCUT2D eigenvalue weighted by atomic mass is 35.5. The number of nitrogens with zero attached hydrogens (tertiary/aromatic N) is 8. The number of aromatic nitrogens is 3. The van der Waals surface area contributed by atoms with Gasteiger partial charge in [-0.05, 0) is 128 Å². The van der Waals surface area contributed by atoms with Crippen LogP contribution in [0, 0.1) is 5.41 Å². The molecular weight excluding hydrogens is 452 g/mol. The summed E-state index contributed by atoms with van der Waals surface area (Å²) in [4.78, 5) is 18.0. The smallest absolute Gasteiger partial charge is 0.138 e. The molecule has 0 saturated heterocycles. The van der Waals surface area contributed by atoms with Crippen molar-refractivity contribution in [1.82, 2.24) is 29.9 Å². The van der Waals surface area contributed by atoms with Crippen molar-refractivity contribution in [1.29, 1.82) is 0 Å². The van der Waals surface area contributed by atoms with Crippen molar-refractivity contribution in [2.45, 2.75) is 38.5 Å². The summed E-state index contributed by atoms with van der Waals surface area (Å²) in [5.74, 6) is 0. The molecule has 0 fully saturated rings. The van der Waals surface area contributed by atoms with E-state index in [0.717, 1.165) is 69.2 Å². The molecule has 0 atom stereocenters. The number of para-hydroxylation sites is 1. The number of fused-ring (bicyclic) bond motifs is 1. The van der Waals surface area contributed by atoms with Crippen LogP contribution in [0.1, 0.15) is 38.5 Å². The van der Waals surface area contributed by atoms with Gasteiger partial charge in [-0.3, -0.25) is 0 Å². The second kappa shape index (κ2) is 15.8. The third-order valence-corrected chi connectivity index (χ3v) is 5.90. The second-order valence-corrected chi connectivity index (χ2v) is 9.76. The van der Waals surface area contributed by atoms with Gasteiger partial charge in [0.25, 0.3) is 0 Å². The summed E-state index contributed by atoms with van der Waals surface area (Å²) in [6.45, 7) is 3.96. The first kappa shape index (κ1) is 30.0. The summed E-state index contributed by atoms with van der Waals surface area (Å²) >= 11 is 0. The van der Waals surface area contributed by atoms with Gasteiger partial charge in [0.1, 0.15) is 17.0 Å². The fraction of sp³-hybridized carbons (Fsp3) is 0.708. The van der Waals surface area contributed by atoms with Crippen molar-refractivity contribution >= 4 is 29.4 Å².